The molecule has 2 N–H and O–H groups in total. The summed E-state index contributed by atoms with van der Waals surface area (Å²) < 4.78 is 1.67. The van der Waals surface area contributed by atoms with Gasteiger partial charge >= 0.3 is 0 Å². The molecule has 110 valence electrons. The molecule has 22 heavy (non-hydrogen) atoms. The molecule has 0 fully saturated rings. The van der Waals surface area contributed by atoms with Gasteiger partial charge in [-0.05, 0) is 29.8 Å². The fourth-order valence-electron chi connectivity index (χ4n) is 2.75. The first-order valence-electron chi connectivity index (χ1n) is 6.86. The number of tetrazole rings is 1. The molecule has 2 aromatic heterocycles. The minimum atomic E-state index is -0.285. The van der Waals surface area contributed by atoms with Gasteiger partial charge in [-0.15, -0.1) is 0 Å². The highest BCUT2D eigenvalue weighted by Gasteiger charge is 2.32. The van der Waals surface area contributed by atoms with Gasteiger partial charge in [-0.3, -0.25) is 4.79 Å². The van der Waals surface area contributed by atoms with Gasteiger partial charge in [0.05, 0.1) is 5.69 Å². The van der Waals surface area contributed by atoms with Gasteiger partial charge in [-0.25, -0.2) is 5.10 Å². The summed E-state index contributed by atoms with van der Waals surface area (Å²) in [6.45, 7) is 3.88. The summed E-state index contributed by atoms with van der Waals surface area (Å²) in [5.41, 5.74) is 3.83. The number of fused-ring (bicyclic) bond motifs is 2. The molecule has 0 unspecified atom stereocenters. The fraction of sp³-hybridized carbons (Fsp3) is 0.214. The van der Waals surface area contributed by atoms with Gasteiger partial charge < -0.3 is 5.32 Å². The zero-order chi connectivity index (χ0) is 15.3. The first-order chi connectivity index (χ1) is 10.6. The Labute approximate surface area is 125 Å². The first kappa shape index (κ1) is 12.7. The van der Waals surface area contributed by atoms with Crippen molar-refractivity contribution in [1.29, 1.82) is 0 Å². The van der Waals surface area contributed by atoms with Crippen molar-refractivity contribution in [3.63, 3.8) is 0 Å². The van der Waals surface area contributed by atoms with E-state index in [1.807, 2.05) is 38.1 Å². The molecule has 0 spiro atoms. The van der Waals surface area contributed by atoms with E-state index in [1.54, 1.807) is 4.68 Å². The molecule has 8 nitrogen and oxygen atoms in total. The van der Waals surface area contributed by atoms with Crippen LogP contribution in [0.15, 0.2) is 29.1 Å². The summed E-state index contributed by atoms with van der Waals surface area (Å²) >= 11 is 0. The Kier molecular flexibility index (Phi) is 2.59. The van der Waals surface area contributed by atoms with Crippen LogP contribution in [0.2, 0.25) is 0 Å². The number of aryl methyl sites for hydroxylation is 2. The highest BCUT2D eigenvalue weighted by atomic mass is 16.1. The maximum atomic E-state index is 12.1. The molecule has 1 atom stereocenters. The molecule has 8 heteroatoms. The van der Waals surface area contributed by atoms with Gasteiger partial charge in [-0.1, -0.05) is 34.9 Å². The van der Waals surface area contributed by atoms with Crippen molar-refractivity contribution in [2.75, 3.05) is 5.32 Å². The zero-order valence-corrected chi connectivity index (χ0v) is 12.0. The van der Waals surface area contributed by atoms with Crippen LogP contribution in [-0.4, -0.2) is 30.4 Å². The molecule has 1 aromatic carbocycles. The normalized spacial score (nSPS) is 15.8. The van der Waals surface area contributed by atoms with E-state index in [9.17, 15) is 4.79 Å². The molecule has 0 radical (unpaired) electrons. The molecular formula is C14H13N7O. The lowest BCUT2D eigenvalue weighted by Crippen LogP contribution is -2.29. The van der Waals surface area contributed by atoms with Crippen molar-refractivity contribution in [3.8, 4) is 0 Å². The number of nitrogens with zero attached hydrogens (tertiary/aromatic N) is 5. The minimum Gasteiger partial charge on any atom is -0.318 e. The van der Waals surface area contributed by atoms with Gasteiger partial charge in [0.15, 0.2) is 0 Å². The number of benzene rings is 1. The number of rotatable bonds is 1. The maximum absolute atomic E-state index is 12.1. The third-order valence-corrected chi connectivity index (χ3v) is 3.85. The second-order valence-corrected chi connectivity index (χ2v) is 5.31. The molecule has 0 amide bonds. The van der Waals surface area contributed by atoms with Crippen LogP contribution in [-0.2, 0) is 0 Å². The lowest BCUT2D eigenvalue weighted by Gasteiger charge is -2.27. The summed E-state index contributed by atoms with van der Waals surface area (Å²) in [4.78, 5) is 12.1. The average molecular weight is 295 g/mol. The van der Waals surface area contributed by atoms with Gasteiger partial charge in [-0.2, -0.15) is 9.78 Å². The minimum absolute atomic E-state index is 0.281. The number of aromatic amines is 1. The van der Waals surface area contributed by atoms with E-state index in [0.29, 0.717) is 11.6 Å². The van der Waals surface area contributed by atoms with Crippen LogP contribution < -0.4 is 10.9 Å². The standard InChI is InChI=1S/C14H13N7O/c1-7-3-5-9(6-4-7)12-10-8(2)16-17-13(22)11(10)15-14-18-19-20-21(12)14/h3-6,12H,1-2H3,(H,17,22)(H,15,18,20)/t12-/m1/s1. The van der Waals surface area contributed by atoms with E-state index >= 15 is 0 Å². The van der Waals surface area contributed by atoms with Crippen LogP contribution in [0.1, 0.15) is 28.4 Å². The molecule has 0 saturated carbocycles. The van der Waals surface area contributed by atoms with E-state index < -0.39 is 0 Å². The summed E-state index contributed by atoms with van der Waals surface area (Å²) in [6.07, 6.45) is 0. The van der Waals surface area contributed by atoms with Gasteiger partial charge in [0.2, 0.25) is 5.95 Å². The Bertz CT molecular complexity index is 910. The fourth-order valence-corrected chi connectivity index (χ4v) is 2.75. The number of hydrogen-bond donors (Lipinski definition) is 2. The second-order valence-electron chi connectivity index (χ2n) is 5.31. The molecule has 1 aliphatic heterocycles. The number of aromatic nitrogens is 6. The summed E-state index contributed by atoms with van der Waals surface area (Å²) in [5, 5.41) is 21.3. The van der Waals surface area contributed by atoms with Crippen molar-refractivity contribution in [2.24, 2.45) is 0 Å². The lowest BCUT2D eigenvalue weighted by molar-refractivity contribution is 0.562. The molecule has 0 aliphatic carbocycles. The van der Waals surface area contributed by atoms with E-state index in [0.717, 1.165) is 22.4 Å². The highest BCUT2D eigenvalue weighted by Crippen LogP contribution is 2.37. The molecule has 1 aliphatic rings. The van der Waals surface area contributed by atoms with E-state index in [4.69, 9.17) is 0 Å². The van der Waals surface area contributed by atoms with Crippen molar-refractivity contribution >= 4 is 11.6 Å². The average Bonchev–Trinajstić information content (AvgIpc) is 2.98. The lowest BCUT2D eigenvalue weighted by atomic mass is 9.95. The Hall–Kier alpha value is -3.03. The van der Waals surface area contributed by atoms with Crippen LogP contribution in [0.3, 0.4) is 0 Å². The molecule has 4 rings (SSSR count). The zero-order valence-electron chi connectivity index (χ0n) is 12.0. The molecule has 0 saturated heterocycles. The highest BCUT2D eigenvalue weighted by molar-refractivity contribution is 5.64. The molecule has 3 aromatic rings. The molecule has 0 bridgehead atoms. The van der Waals surface area contributed by atoms with Crippen molar-refractivity contribution in [1.82, 2.24) is 30.4 Å². The predicted molar refractivity (Wildman–Crippen MR) is 79.1 cm³/mol. The van der Waals surface area contributed by atoms with Gasteiger partial charge in [0.25, 0.3) is 5.56 Å². The van der Waals surface area contributed by atoms with Crippen LogP contribution in [0, 0.1) is 13.8 Å². The summed E-state index contributed by atoms with van der Waals surface area (Å²) in [5.74, 6) is 0.439. The van der Waals surface area contributed by atoms with Crippen molar-refractivity contribution in [2.45, 2.75) is 19.9 Å². The second kappa shape index (κ2) is 4.48. The van der Waals surface area contributed by atoms with Crippen LogP contribution in [0.5, 0.6) is 0 Å². The van der Waals surface area contributed by atoms with Crippen LogP contribution in [0.4, 0.5) is 11.6 Å². The quantitative estimate of drug-likeness (QED) is 0.544. The maximum Gasteiger partial charge on any atom is 0.288 e. The smallest absolute Gasteiger partial charge is 0.288 e. The number of H-pyrrole nitrogens is 1. The topological polar surface area (TPSA) is 101 Å². The largest absolute Gasteiger partial charge is 0.318 e. The van der Waals surface area contributed by atoms with Gasteiger partial charge in [0, 0.05) is 5.56 Å². The third-order valence-electron chi connectivity index (χ3n) is 3.85. The predicted octanol–water partition coefficient (Wildman–Crippen LogP) is 1.07. The number of hydrogen-bond acceptors (Lipinski definition) is 6. The summed E-state index contributed by atoms with van der Waals surface area (Å²) in [7, 11) is 0. The van der Waals surface area contributed by atoms with Crippen LogP contribution >= 0.6 is 0 Å². The van der Waals surface area contributed by atoms with E-state index in [2.05, 4.69) is 31.0 Å². The van der Waals surface area contributed by atoms with E-state index in [-0.39, 0.29) is 11.6 Å². The number of nitrogens with one attached hydrogen (secondary N) is 2. The Balaban J connectivity index is 2.02. The van der Waals surface area contributed by atoms with Crippen molar-refractivity contribution in [3.05, 3.63) is 57.0 Å². The van der Waals surface area contributed by atoms with Crippen LogP contribution in [0.25, 0.3) is 0 Å². The van der Waals surface area contributed by atoms with Crippen molar-refractivity contribution < 1.29 is 0 Å². The van der Waals surface area contributed by atoms with E-state index in [1.165, 1.54) is 0 Å². The Morgan fingerprint density at radius 1 is 1.18 bits per heavy atom. The summed E-state index contributed by atoms with van der Waals surface area (Å²) in [6, 6.07) is 7.80. The first-order valence-corrected chi connectivity index (χ1v) is 6.86. The molecule has 3 heterocycles. The monoisotopic (exact) mass is 295 g/mol. The Morgan fingerprint density at radius 3 is 2.73 bits per heavy atom. The SMILES string of the molecule is Cc1ccc([C@@H]2c3c(C)n[nH]c(=O)c3Nc3nnnn32)cc1. The third kappa shape index (κ3) is 1.73. The Morgan fingerprint density at radius 2 is 1.95 bits per heavy atom. The molecular weight excluding hydrogens is 282 g/mol. The van der Waals surface area contributed by atoms with Gasteiger partial charge in [0.1, 0.15) is 11.7 Å². The number of anilines is 2.